The fourth-order valence-electron chi connectivity index (χ4n) is 2.60. The van der Waals surface area contributed by atoms with Crippen molar-refractivity contribution < 1.29 is 18.4 Å². The van der Waals surface area contributed by atoms with Gasteiger partial charge in [0.2, 0.25) is 11.8 Å². The van der Waals surface area contributed by atoms with E-state index >= 15 is 0 Å². The summed E-state index contributed by atoms with van der Waals surface area (Å²) < 4.78 is 26.0. The van der Waals surface area contributed by atoms with E-state index in [4.69, 9.17) is 0 Å². The normalized spacial score (nSPS) is 15.6. The van der Waals surface area contributed by atoms with Gasteiger partial charge in [-0.2, -0.15) is 0 Å². The quantitative estimate of drug-likeness (QED) is 0.826. The summed E-state index contributed by atoms with van der Waals surface area (Å²) >= 11 is 1.18. The molecule has 1 aromatic carbocycles. The largest absolute Gasteiger partial charge is 0.354 e. The summed E-state index contributed by atoms with van der Waals surface area (Å²) in [7, 11) is 0. The number of carbonyl (C=O) groups excluding carboxylic acids is 2. The van der Waals surface area contributed by atoms with Crippen LogP contribution in [-0.4, -0.2) is 41.6 Å². The van der Waals surface area contributed by atoms with Gasteiger partial charge in [0.05, 0.1) is 5.75 Å². The second-order valence-corrected chi connectivity index (χ2v) is 7.23. The fraction of sp³-hybridized carbons (Fsp3) is 0.529. The van der Waals surface area contributed by atoms with Crippen molar-refractivity contribution in [1.82, 2.24) is 10.2 Å². The summed E-state index contributed by atoms with van der Waals surface area (Å²) in [6, 6.07) is 3.72. The first-order chi connectivity index (χ1) is 11.4. The van der Waals surface area contributed by atoms with Crippen LogP contribution in [0.25, 0.3) is 0 Å². The summed E-state index contributed by atoms with van der Waals surface area (Å²) in [6.07, 6.45) is 1.31. The number of halogens is 2. The summed E-state index contributed by atoms with van der Waals surface area (Å²) in [4.78, 5) is 26.4. The Balaban J connectivity index is 1.78. The molecule has 2 rings (SSSR count). The number of hydrogen-bond donors (Lipinski definition) is 1. The summed E-state index contributed by atoms with van der Waals surface area (Å²) in [5.41, 5.74) is 0. The summed E-state index contributed by atoms with van der Waals surface area (Å²) in [6.45, 7) is 4.94. The number of likely N-dealkylation sites (tertiary alicyclic amines) is 1. The lowest BCUT2D eigenvalue weighted by atomic mass is 9.95. The van der Waals surface area contributed by atoms with Crippen molar-refractivity contribution in [2.75, 3.05) is 18.8 Å². The van der Waals surface area contributed by atoms with Crippen LogP contribution in [0.5, 0.6) is 0 Å². The third kappa shape index (κ3) is 5.19. The van der Waals surface area contributed by atoms with Gasteiger partial charge >= 0.3 is 0 Å². The van der Waals surface area contributed by atoms with Gasteiger partial charge in [0.1, 0.15) is 0 Å². The molecule has 0 bridgehead atoms. The zero-order valence-electron chi connectivity index (χ0n) is 13.9. The zero-order chi connectivity index (χ0) is 17.7. The van der Waals surface area contributed by atoms with Gasteiger partial charge in [-0.15, -0.1) is 11.8 Å². The molecule has 0 atom stereocenters. The van der Waals surface area contributed by atoms with E-state index in [1.165, 1.54) is 17.8 Å². The maximum Gasteiger partial charge on any atom is 0.232 e. The first-order valence-corrected chi connectivity index (χ1v) is 9.01. The highest BCUT2D eigenvalue weighted by Crippen LogP contribution is 2.23. The van der Waals surface area contributed by atoms with Gasteiger partial charge < -0.3 is 10.2 Å². The molecule has 0 radical (unpaired) electrons. The Morgan fingerprint density at radius 1 is 1.25 bits per heavy atom. The number of nitrogens with one attached hydrogen (secondary N) is 1. The lowest BCUT2D eigenvalue weighted by molar-refractivity contribution is -0.133. The lowest BCUT2D eigenvalue weighted by Crippen LogP contribution is -2.44. The molecule has 132 valence electrons. The van der Waals surface area contributed by atoms with Gasteiger partial charge in [0.25, 0.3) is 0 Å². The first-order valence-electron chi connectivity index (χ1n) is 8.03. The van der Waals surface area contributed by atoms with E-state index < -0.39 is 11.6 Å². The molecular weight excluding hydrogens is 334 g/mol. The molecule has 24 heavy (non-hydrogen) atoms. The molecule has 1 heterocycles. The lowest BCUT2D eigenvalue weighted by Gasteiger charge is -2.31. The Bertz CT molecular complexity index is 602. The van der Waals surface area contributed by atoms with E-state index in [2.05, 4.69) is 5.32 Å². The number of nitrogens with zero attached hydrogens (tertiary/aromatic N) is 1. The van der Waals surface area contributed by atoms with Crippen molar-refractivity contribution in [3.05, 3.63) is 29.8 Å². The topological polar surface area (TPSA) is 49.4 Å². The van der Waals surface area contributed by atoms with Crippen LogP contribution in [-0.2, 0) is 9.59 Å². The number of rotatable bonds is 5. The Kier molecular flexibility index (Phi) is 6.60. The molecule has 1 N–H and O–H groups in total. The second-order valence-electron chi connectivity index (χ2n) is 6.18. The third-order valence-electron chi connectivity index (χ3n) is 3.90. The van der Waals surface area contributed by atoms with Gasteiger partial charge in [-0.25, -0.2) is 8.78 Å². The smallest absolute Gasteiger partial charge is 0.232 e. The molecule has 1 saturated heterocycles. The number of thioether (sulfide) groups is 1. The molecule has 0 aliphatic carbocycles. The van der Waals surface area contributed by atoms with Gasteiger partial charge in [-0.1, -0.05) is 0 Å². The van der Waals surface area contributed by atoms with Crippen LogP contribution in [0, 0.1) is 17.6 Å². The van der Waals surface area contributed by atoms with Crippen molar-refractivity contribution in [2.45, 2.75) is 37.6 Å². The molecule has 1 aliphatic rings. The van der Waals surface area contributed by atoms with Crippen molar-refractivity contribution in [3.8, 4) is 0 Å². The van der Waals surface area contributed by atoms with Crippen molar-refractivity contribution in [3.63, 3.8) is 0 Å². The van der Waals surface area contributed by atoms with Gasteiger partial charge in [-0.3, -0.25) is 9.59 Å². The van der Waals surface area contributed by atoms with Crippen LogP contribution in [0.1, 0.15) is 26.7 Å². The minimum absolute atomic E-state index is 0.0460. The molecular formula is C17H22F2N2O2S. The van der Waals surface area contributed by atoms with E-state index in [1.807, 2.05) is 13.8 Å². The number of carbonyl (C=O) groups is 2. The van der Waals surface area contributed by atoms with Crippen molar-refractivity contribution >= 4 is 23.6 Å². The average Bonchev–Trinajstić information content (AvgIpc) is 2.55. The Morgan fingerprint density at radius 3 is 2.50 bits per heavy atom. The Labute approximate surface area is 145 Å². The van der Waals surface area contributed by atoms with Crippen LogP contribution >= 0.6 is 11.8 Å². The summed E-state index contributed by atoms with van der Waals surface area (Å²) in [5, 5.41) is 2.90. The standard InChI is InChI=1S/C17H22F2N2O2S/c1-11(2)20-17(23)12-5-7-21(8-6-12)16(22)10-24-13-3-4-14(18)15(19)9-13/h3-4,9,11-12H,5-8,10H2,1-2H3,(H,20,23). The molecule has 7 heteroatoms. The summed E-state index contributed by atoms with van der Waals surface area (Å²) in [5.74, 6) is -1.68. The van der Waals surface area contributed by atoms with Crippen LogP contribution in [0.3, 0.4) is 0 Å². The maximum atomic E-state index is 13.1. The van der Waals surface area contributed by atoms with E-state index in [0.29, 0.717) is 30.8 Å². The highest BCUT2D eigenvalue weighted by atomic mass is 32.2. The van der Waals surface area contributed by atoms with E-state index in [9.17, 15) is 18.4 Å². The molecule has 1 fully saturated rings. The highest BCUT2D eigenvalue weighted by Gasteiger charge is 2.27. The van der Waals surface area contributed by atoms with Gasteiger partial charge in [-0.05, 0) is 44.9 Å². The van der Waals surface area contributed by atoms with Gasteiger partial charge in [0.15, 0.2) is 11.6 Å². The van der Waals surface area contributed by atoms with Crippen molar-refractivity contribution in [2.24, 2.45) is 5.92 Å². The molecule has 0 saturated carbocycles. The molecule has 0 aromatic heterocycles. The molecule has 0 unspecified atom stereocenters. The molecule has 0 spiro atoms. The van der Waals surface area contributed by atoms with E-state index in [1.54, 1.807) is 4.90 Å². The second kappa shape index (κ2) is 8.46. The predicted octanol–water partition coefficient (Wildman–Crippen LogP) is 2.82. The van der Waals surface area contributed by atoms with Crippen molar-refractivity contribution in [1.29, 1.82) is 0 Å². The molecule has 4 nitrogen and oxygen atoms in total. The zero-order valence-corrected chi connectivity index (χ0v) is 14.7. The minimum Gasteiger partial charge on any atom is -0.354 e. The van der Waals surface area contributed by atoms with E-state index in [-0.39, 0.29) is 29.5 Å². The number of benzene rings is 1. The SMILES string of the molecule is CC(C)NC(=O)C1CCN(C(=O)CSc2ccc(F)c(F)c2)CC1. The number of hydrogen-bond acceptors (Lipinski definition) is 3. The van der Waals surface area contributed by atoms with Gasteiger partial charge in [0, 0.05) is 29.9 Å². The predicted molar refractivity (Wildman–Crippen MR) is 89.7 cm³/mol. The first kappa shape index (κ1) is 18.7. The maximum absolute atomic E-state index is 13.1. The molecule has 1 aromatic rings. The Morgan fingerprint density at radius 2 is 1.92 bits per heavy atom. The van der Waals surface area contributed by atoms with E-state index in [0.717, 1.165) is 12.1 Å². The molecule has 1 aliphatic heterocycles. The average molecular weight is 356 g/mol. The monoisotopic (exact) mass is 356 g/mol. The minimum atomic E-state index is -0.913. The number of piperidine rings is 1. The van der Waals surface area contributed by atoms with Crippen LogP contribution < -0.4 is 5.32 Å². The molecule has 2 amide bonds. The third-order valence-corrected chi connectivity index (χ3v) is 4.88. The van der Waals surface area contributed by atoms with Crippen LogP contribution in [0.4, 0.5) is 8.78 Å². The van der Waals surface area contributed by atoms with Crippen LogP contribution in [0.15, 0.2) is 23.1 Å². The number of amides is 2. The Hall–Kier alpha value is -1.63. The fourth-order valence-corrected chi connectivity index (χ4v) is 3.42. The van der Waals surface area contributed by atoms with Crippen LogP contribution in [0.2, 0.25) is 0 Å². The highest BCUT2D eigenvalue weighted by molar-refractivity contribution is 8.00.